The molecule has 0 saturated carbocycles. The average molecular weight is 335 g/mol. The summed E-state index contributed by atoms with van der Waals surface area (Å²) in [6.07, 6.45) is 6.23. The topological polar surface area (TPSA) is 67.2 Å². The number of rotatable bonds is 7. The number of aromatic nitrogens is 2. The monoisotopic (exact) mass is 335 g/mol. The number of amides is 1. The molecule has 1 amide bonds. The summed E-state index contributed by atoms with van der Waals surface area (Å²) < 4.78 is 1.95. The molecule has 0 radical (unpaired) electrons. The highest BCUT2D eigenvalue weighted by Crippen LogP contribution is 2.11. The Morgan fingerprint density at radius 1 is 1.12 bits per heavy atom. The van der Waals surface area contributed by atoms with Gasteiger partial charge < -0.3 is 15.0 Å². The van der Waals surface area contributed by atoms with Gasteiger partial charge in [0.15, 0.2) is 0 Å². The Bertz CT molecular complexity index is 801. The van der Waals surface area contributed by atoms with Crippen LogP contribution in [0.5, 0.6) is 0 Å². The zero-order chi connectivity index (χ0) is 17.5. The van der Waals surface area contributed by atoms with Crippen molar-refractivity contribution >= 4 is 5.91 Å². The van der Waals surface area contributed by atoms with Gasteiger partial charge in [-0.05, 0) is 48.9 Å². The van der Waals surface area contributed by atoms with Crippen molar-refractivity contribution in [2.75, 3.05) is 13.2 Å². The van der Waals surface area contributed by atoms with Crippen molar-refractivity contribution in [2.45, 2.75) is 6.42 Å². The fourth-order valence-electron chi connectivity index (χ4n) is 2.67. The van der Waals surface area contributed by atoms with Crippen LogP contribution in [0.2, 0.25) is 0 Å². The summed E-state index contributed by atoms with van der Waals surface area (Å²) in [5.41, 5.74) is 2.44. The fourth-order valence-corrected chi connectivity index (χ4v) is 2.67. The summed E-state index contributed by atoms with van der Waals surface area (Å²) in [6, 6.07) is 17.0. The molecule has 2 N–H and O–H groups in total. The minimum Gasteiger partial charge on any atom is -0.396 e. The summed E-state index contributed by atoms with van der Waals surface area (Å²) >= 11 is 0. The maximum atomic E-state index is 12.4. The Labute approximate surface area is 147 Å². The molecule has 1 unspecified atom stereocenters. The number of hydrogen-bond donors (Lipinski definition) is 2. The predicted molar refractivity (Wildman–Crippen MR) is 96.6 cm³/mol. The number of aliphatic hydroxyl groups is 1. The molecule has 0 aliphatic rings. The van der Waals surface area contributed by atoms with Crippen molar-refractivity contribution in [1.29, 1.82) is 0 Å². The first-order chi connectivity index (χ1) is 12.3. The van der Waals surface area contributed by atoms with Gasteiger partial charge in [-0.1, -0.05) is 12.1 Å². The van der Waals surface area contributed by atoms with Crippen LogP contribution in [0.4, 0.5) is 0 Å². The van der Waals surface area contributed by atoms with E-state index in [0.29, 0.717) is 18.5 Å². The molecule has 0 aliphatic carbocycles. The maximum Gasteiger partial charge on any atom is 0.251 e. The largest absolute Gasteiger partial charge is 0.396 e. The number of hydrogen-bond acceptors (Lipinski definition) is 3. The first-order valence-electron chi connectivity index (χ1n) is 8.28. The Morgan fingerprint density at radius 3 is 2.68 bits per heavy atom. The lowest BCUT2D eigenvalue weighted by Gasteiger charge is -2.15. The Hall–Kier alpha value is -2.92. The number of pyridine rings is 1. The molecule has 25 heavy (non-hydrogen) atoms. The average Bonchev–Trinajstić information content (AvgIpc) is 3.20. The smallest absolute Gasteiger partial charge is 0.251 e. The molecular formula is C20H21N3O2. The van der Waals surface area contributed by atoms with Gasteiger partial charge in [0.1, 0.15) is 0 Å². The van der Waals surface area contributed by atoms with Gasteiger partial charge in [-0.15, -0.1) is 0 Å². The molecule has 3 aromatic rings. The van der Waals surface area contributed by atoms with E-state index in [-0.39, 0.29) is 18.4 Å². The lowest BCUT2D eigenvalue weighted by molar-refractivity contribution is 0.0940. The zero-order valence-electron chi connectivity index (χ0n) is 13.9. The Kier molecular flexibility index (Phi) is 5.59. The van der Waals surface area contributed by atoms with E-state index < -0.39 is 0 Å². The van der Waals surface area contributed by atoms with E-state index in [0.717, 1.165) is 11.4 Å². The second-order valence-corrected chi connectivity index (χ2v) is 5.92. The highest BCUT2D eigenvalue weighted by Gasteiger charge is 2.13. The zero-order valence-corrected chi connectivity index (χ0v) is 13.9. The number of benzene rings is 1. The van der Waals surface area contributed by atoms with Crippen LogP contribution >= 0.6 is 0 Å². The molecule has 128 valence electrons. The third kappa shape index (κ3) is 4.55. The van der Waals surface area contributed by atoms with Crippen molar-refractivity contribution in [1.82, 2.24) is 14.9 Å². The van der Waals surface area contributed by atoms with Crippen LogP contribution in [-0.2, 0) is 6.42 Å². The summed E-state index contributed by atoms with van der Waals surface area (Å²) in [5, 5.41) is 12.5. The molecule has 0 aliphatic heterocycles. The summed E-state index contributed by atoms with van der Waals surface area (Å²) in [6.45, 7) is 0.403. The second-order valence-electron chi connectivity index (χ2n) is 5.92. The molecule has 0 fully saturated rings. The molecule has 1 atom stereocenters. The van der Waals surface area contributed by atoms with Gasteiger partial charge in [0, 0.05) is 54.6 Å². The first kappa shape index (κ1) is 16.9. The quantitative estimate of drug-likeness (QED) is 0.697. The Balaban J connectivity index is 1.61. The van der Waals surface area contributed by atoms with Crippen molar-refractivity contribution in [2.24, 2.45) is 5.92 Å². The van der Waals surface area contributed by atoms with Crippen LogP contribution in [0, 0.1) is 5.92 Å². The fraction of sp³-hybridized carbons (Fsp3) is 0.200. The lowest BCUT2D eigenvalue weighted by Crippen LogP contribution is -2.32. The number of nitrogens with zero attached hydrogens (tertiary/aromatic N) is 2. The van der Waals surface area contributed by atoms with Crippen LogP contribution in [0.15, 0.2) is 73.2 Å². The summed E-state index contributed by atoms with van der Waals surface area (Å²) in [7, 11) is 0. The summed E-state index contributed by atoms with van der Waals surface area (Å²) in [5.74, 6) is -0.208. The van der Waals surface area contributed by atoms with Gasteiger partial charge in [-0.2, -0.15) is 0 Å². The molecule has 0 spiro atoms. The maximum absolute atomic E-state index is 12.4. The molecule has 1 aromatic carbocycles. The van der Waals surface area contributed by atoms with E-state index >= 15 is 0 Å². The van der Waals surface area contributed by atoms with Crippen molar-refractivity contribution < 1.29 is 9.90 Å². The van der Waals surface area contributed by atoms with Crippen molar-refractivity contribution in [3.8, 4) is 5.69 Å². The lowest BCUT2D eigenvalue weighted by atomic mass is 10.0. The minimum atomic E-state index is -0.145. The highest BCUT2D eigenvalue weighted by atomic mass is 16.3. The predicted octanol–water partition coefficient (Wildman–Crippen LogP) is 2.45. The van der Waals surface area contributed by atoms with E-state index in [1.165, 1.54) is 0 Å². The van der Waals surface area contributed by atoms with Gasteiger partial charge in [0.25, 0.3) is 5.91 Å². The van der Waals surface area contributed by atoms with E-state index in [4.69, 9.17) is 0 Å². The first-order valence-corrected chi connectivity index (χ1v) is 8.28. The third-order valence-electron chi connectivity index (χ3n) is 4.04. The molecule has 5 nitrogen and oxygen atoms in total. The molecule has 0 bridgehead atoms. The SMILES string of the molecule is O=C(NCC(CO)Cc1ccccn1)c1cccc(-n2cccc2)c1. The second kappa shape index (κ2) is 8.26. The van der Waals surface area contributed by atoms with Gasteiger partial charge >= 0.3 is 0 Å². The van der Waals surface area contributed by atoms with Gasteiger partial charge in [-0.3, -0.25) is 9.78 Å². The Morgan fingerprint density at radius 2 is 1.96 bits per heavy atom. The normalized spacial score (nSPS) is 11.9. The van der Waals surface area contributed by atoms with Crippen molar-refractivity contribution in [3.63, 3.8) is 0 Å². The van der Waals surface area contributed by atoms with E-state index in [2.05, 4.69) is 10.3 Å². The molecule has 2 heterocycles. The molecule has 0 saturated heterocycles. The van der Waals surface area contributed by atoms with Crippen molar-refractivity contribution in [3.05, 3.63) is 84.4 Å². The van der Waals surface area contributed by atoms with Crippen LogP contribution in [0.3, 0.4) is 0 Å². The third-order valence-corrected chi connectivity index (χ3v) is 4.04. The number of nitrogens with one attached hydrogen (secondary N) is 1. The minimum absolute atomic E-state index is 0.000259. The van der Waals surface area contributed by atoms with Crippen LogP contribution < -0.4 is 5.32 Å². The van der Waals surface area contributed by atoms with Gasteiger partial charge in [-0.25, -0.2) is 0 Å². The number of carbonyl (C=O) groups is 1. The van der Waals surface area contributed by atoms with Crippen LogP contribution in [-0.4, -0.2) is 33.7 Å². The van der Waals surface area contributed by atoms with Crippen LogP contribution in [0.25, 0.3) is 5.69 Å². The van der Waals surface area contributed by atoms with E-state index in [1.54, 1.807) is 12.3 Å². The molecule has 5 heteroatoms. The molecular weight excluding hydrogens is 314 g/mol. The molecule has 3 rings (SSSR count). The number of aliphatic hydroxyl groups excluding tert-OH is 1. The van der Waals surface area contributed by atoms with Gasteiger partial charge in [0.05, 0.1) is 0 Å². The van der Waals surface area contributed by atoms with Crippen LogP contribution in [0.1, 0.15) is 16.1 Å². The number of carbonyl (C=O) groups excluding carboxylic acids is 1. The highest BCUT2D eigenvalue weighted by molar-refractivity contribution is 5.94. The standard InChI is InChI=1S/C20H21N3O2/c24-15-16(12-18-7-1-2-9-21-18)14-22-20(25)17-6-5-8-19(13-17)23-10-3-4-11-23/h1-11,13,16,24H,12,14-15H2,(H,22,25). The molecule has 2 aromatic heterocycles. The van der Waals surface area contributed by atoms with E-state index in [9.17, 15) is 9.90 Å². The van der Waals surface area contributed by atoms with E-state index in [1.807, 2.05) is 65.5 Å². The van der Waals surface area contributed by atoms with Gasteiger partial charge in [0.2, 0.25) is 0 Å². The summed E-state index contributed by atoms with van der Waals surface area (Å²) in [4.78, 5) is 16.7.